The SMILES string of the molecule is CC(=O)NC1CCN(C(=O)Nc2ccc(C)cc2)CC1. The topological polar surface area (TPSA) is 61.4 Å². The second-order valence-electron chi connectivity index (χ2n) is 5.26. The van der Waals surface area contributed by atoms with E-state index in [1.54, 1.807) is 4.90 Å². The average Bonchev–Trinajstić information content (AvgIpc) is 2.41. The normalized spacial score (nSPS) is 15.8. The molecule has 0 saturated carbocycles. The molecule has 0 radical (unpaired) electrons. The molecule has 0 atom stereocenters. The molecule has 1 fully saturated rings. The van der Waals surface area contributed by atoms with Crippen LogP contribution in [0.15, 0.2) is 24.3 Å². The number of benzene rings is 1. The van der Waals surface area contributed by atoms with Gasteiger partial charge in [0.2, 0.25) is 5.91 Å². The number of likely N-dealkylation sites (tertiary alicyclic amines) is 1. The Morgan fingerprint density at radius 1 is 1.15 bits per heavy atom. The Balaban J connectivity index is 1.82. The molecule has 1 aromatic carbocycles. The molecular weight excluding hydrogens is 254 g/mol. The Morgan fingerprint density at radius 3 is 2.30 bits per heavy atom. The third-order valence-electron chi connectivity index (χ3n) is 3.49. The number of nitrogens with one attached hydrogen (secondary N) is 2. The smallest absolute Gasteiger partial charge is 0.321 e. The van der Waals surface area contributed by atoms with Gasteiger partial charge in [0, 0.05) is 31.7 Å². The highest BCUT2D eigenvalue weighted by Crippen LogP contribution is 2.14. The van der Waals surface area contributed by atoms with Gasteiger partial charge in [-0.3, -0.25) is 4.79 Å². The van der Waals surface area contributed by atoms with Crippen molar-refractivity contribution in [3.05, 3.63) is 29.8 Å². The van der Waals surface area contributed by atoms with Crippen molar-refractivity contribution in [3.8, 4) is 0 Å². The van der Waals surface area contributed by atoms with Crippen LogP contribution < -0.4 is 10.6 Å². The number of carbonyl (C=O) groups is 2. The van der Waals surface area contributed by atoms with Crippen LogP contribution in [0, 0.1) is 6.92 Å². The van der Waals surface area contributed by atoms with Gasteiger partial charge >= 0.3 is 6.03 Å². The molecule has 1 heterocycles. The highest BCUT2D eigenvalue weighted by atomic mass is 16.2. The first-order chi connectivity index (χ1) is 9.54. The Labute approximate surface area is 119 Å². The standard InChI is InChI=1S/C15H21N3O2/c1-11-3-5-13(6-4-11)17-15(20)18-9-7-14(8-10-18)16-12(2)19/h3-6,14H,7-10H2,1-2H3,(H,16,19)(H,17,20). The van der Waals surface area contributed by atoms with E-state index >= 15 is 0 Å². The van der Waals surface area contributed by atoms with Gasteiger partial charge in [0.1, 0.15) is 0 Å². The van der Waals surface area contributed by atoms with Crippen LogP contribution in [0.25, 0.3) is 0 Å². The van der Waals surface area contributed by atoms with Gasteiger partial charge in [-0.2, -0.15) is 0 Å². The second kappa shape index (κ2) is 6.41. The second-order valence-corrected chi connectivity index (χ2v) is 5.26. The predicted molar refractivity (Wildman–Crippen MR) is 78.6 cm³/mol. The van der Waals surface area contributed by atoms with Gasteiger partial charge in [-0.25, -0.2) is 4.79 Å². The number of nitrogens with zero attached hydrogens (tertiary/aromatic N) is 1. The van der Waals surface area contributed by atoms with Gasteiger partial charge in [0.05, 0.1) is 0 Å². The minimum absolute atomic E-state index is 0.00689. The Hall–Kier alpha value is -2.04. The monoisotopic (exact) mass is 275 g/mol. The molecular formula is C15H21N3O2. The highest BCUT2D eigenvalue weighted by Gasteiger charge is 2.23. The van der Waals surface area contributed by atoms with Crippen LogP contribution in [0.2, 0.25) is 0 Å². The summed E-state index contributed by atoms with van der Waals surface area (Å²) in [6, 6.07) is 7.86. The zero-order valence-corrected chi connectivity index (χ0v) is 12.0. The maximum Gasteiger partial charge on any atom is 0.321 e. The Kier molecular flexibility index (Phi) is 4.61. The molecule has 1 aliphatic rings. The summed E-state index contributed by atoms with van der Waals surface area (Å²) >= 11 is 0. The number of aryl methyl sites for hydroxylation is 1. The van der Waals surface area contributed by atoms with E-state index in [1.165, 1.54) is 12.5 Å². The van der Waals surface area contributed by atoms with Crippen LogP contribution in [0.4, 0.5) is 10.5 Å². The minimum atomic E-state index is -0.0740. The summed E-state index contributed by atoms with van der Waals surface area (Å²) < 4.78 is 0. The largest absolute Gasteiger partial charge is 0.353 e. The van der Waals surface area contributed by atoms with Crippen LogP contribution in [0.5, 0.6) is 0 Å². The van der Waals surface area contributed by atoms with E-state index in [2.05, 4.69) is 10.6 Å². The molecule has 3 amide bonds. The fraction of sp³-hybridized carbons (Fsp3) is 0.467. The van der Waals surface area contributed by atoms with Gasteiger partial charge < -0.3 is 15.5 Å². The lowest BCUT2D eigenvalue weighted by atomic mass is 10.1. The number of piperidine rings is 1. The van der Waals surface area contributed by atoms with E-state index in [-0.39, 0.29) is 18.0 Å². The number of anilines is 1. The number of rotatable bonds is 2. The van der Waals surface area contributed by atoms with E-state index in [0.29, 0.717) is 13.1 Å². The zero-order valence-electron chi connectivity index (χ0n) is 12.0. The molecule has 1 aliphatic heterocycles. The summed E-state index contributed by atoms with van der Waals surface area (Å²) in [7, 11) is 0. The molecule has 0 spiro atoms. The summed E-state index contributed by atoms with van der Waals surface area (Å²) in [5, 5.41) is 5.79. The molecule has 5 heteroatoms. The van der Waals surface area contributed by atoms with Crippen molar-refractivity contribution in [2.75, 3.05) is 18.4 Å². The molecule has 5 nitrogen and oxygen atoms in total. The van der Waals surface area contributed by atoms with Crippen molar-refractivity contribution in [3.63, 3.8) is 0 Å². The van der Waals surface area contributed by atoms with E-state index in [9.17, 15) is 9.59 Å². The molecule has 0 aliphatic carbocycles. The molecule has 0 aromatic heterocycles. The molecule has 20 heavy (non-hydrogen) atoms. The molecule has 1 saturated heterocycles. The fourth-order valence-electron chi connectivity index (χ4n) is 2.35. The van der Waals surface area contributed by atoms with Crippen molar-refractivity contribution >= 4 is 17.6 Å². The number of carbonyl (C=O) groups excluding carboxylic acids is 2. The highest BCUT2D eigenvalue weighted by molar-refractivity contribution is 5.89. The van der Waals surface area contributed by atoms with Gasteiger partial charge in [-0.05, 0) is 31.9 Å². The lowest BCUT2D eigenvalue weighted by Gasteiger charge is -2.32. The van der Waals surface area contributed by atoms with Crippen molar-refractivity contribution in [2.45, 2.75) is 32.7 Å². The van der Waals surface area contributed by atoms with Crippen molar-refractivity contribution in [1.29, 1.82) is 0 Å². The molecule has 2 rings (SSSR count). The first kappa shape index (κ1) is 14.4. The summed E-state index contributed by atoms with van der Waals surface area (Å²) in [6.07, 6.45) is 1.61. The van der Waals surface area contributed by atoms with Gasteiger partial charge in [-0.15, -0.1) is 0 Å². The van der Waals surface area contributed by atoms with E-state index in [4.69, 9.17) is 0 Å². The van der Waals surface area contributed by atoms with Crippen LogP contribution in [-0.2, 0) is 4.79 Å². The van der Waals surface area contributed by atoms with Gasteiger partial charge in [0.15, 0.2) is 0 Å². The van der Waals surface area contributed by atoms with Gasteiger partial charge in [-0.1, -0.05) is 17.7 Å². The van der Waals surface area contributed by atoms with Crippen molar-refractivity contribution in [1.82, 2.24) is 10.2 Å². The molecule has 108 valence electrons. The minimum Gasteiger partial charge on any atom is -0.353 e. The summed E-state index contributed by atoms with van der Waals surface area (Å²) in [6.45, 7) is 4.88. The number of hydrogen-bond acceptors (Lipinski definition) is 2. The lowest BCUT2D eigenvalue weighted by molar-refractivity contribution is -0.119. The fourth-order valence-corrected chi connectivity index (χ4v) is 2.35. The maximum absolute atomic E-state index is 12.1. The summed E-state index contributed by atoms with van der Waals surface area (Å²) in [5.74, 6) is -0.00689. The number of urea groups is 1. The predicted octanol–water partition coefficient (Wildman–Crippen LogP) is 2.13. The van der Waals surface area contributed by atoms with Crippen molar-refractivity contribution < 1.29 is 9.59 Å². The lowest BCUT2D eigenvalue weighted by Crippen LogP contribution is -2.47. The first-order valence-corrected chi connectivity index (χ1v) is 6.94. The van der Waals surface area contributed by atoms with E-state index in [0.717, 1.165) is 18.5 Å². The van der Waals surface area contributed by atoms with Gasteiger partial charge in [0.25, 0.3) is 0 Å². The zero-order chi connectivity index (χ0) is 14.5. The van der Waals surface area contributed by atoms with Crippen LogP contribution in [-0.4, -0.2) is 36.0 Å². The quantitative estimate of drug-likeness (QED) is 0.868. The molecule has 0 unspecified atom stereocenters. The molecule has 0 bridgehead atoms. The summed E-state index contributed by atoms with van der Waals surface area (Å²) in [4.78, 5) is 24.9. The first-order valence-electron chi connectivity index (χ1n) is 6.94. The number of amides is 3. The third kappa shape index (κ3) is 3.98. The molecule has 2 N–H and O–H groups in total. The van der Waals surface area contributed by atoms with E-state index < -0.39 is 0 Å². The van der Waals surface area contributed by atoms with Crippen LogP contribution >= 0.6 is 0 Å². The van der Waals surface area contributed by atoms with Crippen LogP contribution in [0.1, 0.15) is 25.3 Å². The summed E-state index contributed by atoms with van der Waals surface area (Å²) in [5.41, 5.74) is 1.98. The molecule has 1 aromatic rings. The maximum atomic E-state index is 12.1. The van der Waals surface area contributed by atoms with Crippen molar-refractivity contribution in [2.24, 2.45) is 0 Å². The van der Waals surface area contributed by atoms with Crippen LogP contribution in [0.3, 0.4) is 0 Å². The Morgan fingerprint density at radius 2 is 1.75 bits per heavy atom. The van der Waals surface area contributed by atoms with E-state index in [1.807, 2.05) is 31.2 Å². The Bertz CT molecular complexity index is 476. The number of hydrogen-bond donors (Lipinski definition) is 2. The average molecular weight is 275 g/mol. The third-order valence-corrected chi connectivity index (χ3v) is 3.49.